The lowest BCUT2D eigenvalue weighted by atomic mass is 10.0. The van der Waals surface area contributed by atoms with Crippen molar-refractivity contribution in [3.05, 3.63) is 24.3 Å². The molecule has 0 saturated carbocycles. The molecule has 1 amide bonds. The molecule has 8 nitrogen and oxygen atoms in total. The van der Waals surface area contributed by atoms with Crippen LogP contribution >= 0.6 is 7.82 Å². The number of nitrogens with one attached hydrogen (secondary N) is 1. The first-order valence-corrected chi connectivity index (χ1v) is 20.2. The van der Waals surface area contributed by atoms with E-state index in [1.54, 1.807) is 6.08 Å². The van der Waals surface area contributed by atoms with Crippen molar-refractivity contribution >= 4 is 13.7 Å². The lowest BCUT2D eigenvalue weighted by Gasteiger charge is -2.29. The molecule has 0 aliphatic rings. The standard InChI is InChI=1S/C37H73N2O6P/c1-6-8-10-11-12-13-14-15-16-17-18-19-20-21-22-23-24-25-26-27-29-30-36(40)35(38-37(41)31-28-9-7-2)34-45-46(42,43)44-33-32-39(3,4)5/h24-25,29-30,35-36,40H,6-23,26-28,31-34H2,1-5H3,(H-,38,41,42,43)/b25-24+,30-29+. The normalized spacial score (nSPS) is 15.0. The van der Waals surface area contributed by atoms with Crippen molar-refractivity contribution in [3.8, 4) is 0 Å². The highest BCUT2D eigenvalue weighted by molar-refractivity contribution is 7.45. The van der Waals surface area contributed by atoms with E-state index >= 15 is 0 Å². The van der Waals surface area contributed by atoms with Crippen LogP contribution in [0.25, 0.3) is 0 Å². The van der Waals surface area contributed by atoms with E-state index in [1.165, 1.54) is 96.3 Å². The third-order valence-electron chi connectivity index (χ3n) is 8.16. The van der Waals surface area contributed by atoms with Gasteiger partial charge in [0.1, 0.15) is 13.2 Å². The summed E-state index contributed by atoms with van der Waals surface area (Å²) in [4.78, 5) is 24.7. The van der Waals surface area contributed by atoms with Crippen LogP contribution in [0.4, 0.5) is 0 Å². The quantitative estimate of drug-likeness (QED) is 0.0312. The molecular weight excluding hydrogens is 599 g/mol. The number of likely N-dealkylation sites (N-methyl/N-ethyl adjacent to an activating group) is 1. The second-order valence-corrected chi connectivity index (χ2v) is 15.3. The zero-order valence-electron chi connectivity index (χ0n) is 30.5. The van der Waals surface area contributed by atoms with Gasteiger partial charge in [-0.25, -0.2) is 0 Å². The molecule has 2 N–H and O–H groups in total. The number of quaternary nitrogens is 1. The van der Waals surface area contributed by atoms with Gasteiger partial charge < -0.3 is 28.8 Å². The van der Waals surface area contributed by atoms with E-state index in [1.807, 2.05) is 27.2 Å². The van der Waals surface area contributed by atoms with E-state index in [0.717, 1.165) is 38.5 Å². The molecule has 0 rings (SSSR count). The van der Waals surface area contributed by atoms with Crippen LogP contribution in [0.15, 0.2) is 24.3 Å². The molecule has 0 aromatic heterocycles. The van der Waals surface area contributed by atoms with Gasteiger partial charge in [-0.2, -0.15) is 0 Å². The molecule has 3 unspecified atom stereocenters. The van der Waals surface area contributed by atoms with E-state index < -0.39 is 26.6 Å². The first-order valence-electron chi connectivity index (χ1n) is 18.7. The summed E-state index contributed by atoms with van der Waals surface area (Å²) in [6, 6.07) is -0.893. The molecule has 0 bridgehead atoms. The summed E-state index contributed by atoms with van der Waals surface area (Å²) in [7, 11) is 1.24. The molecule has 0 fully saturated rings. The van der Waals surface area contributed by atoms with Gasteiger partial charge in [0.15, 0.2) is 0 Å². The predicted octanol–water partition coefficient (Wildman–Crippen LogP) is 8.77. The Hall–Kier alpha value is -1.02. The van der Waals surface area contributed by atoms with Crippen LogP contribution in [0, 0.1) is 0 Å². The summed E-state index contributed by atoms with van der Waals surface area (Å²) < 4.78 is 22.8. The largest absolute Gasteiger partial charge is 0.756 e. The number of amides is 1. The van der Waals surface area contributed by atoms with Crippen LogP contribution in [-0.2, 0) is 18.4 Å². The minimum absolute atomic E-state index is 0.00621. The summed E-state index contributed by atoms with van der Waals surface area (Å²) in [6.07, 6.45) is 33.1. The molecule has 0 aliphatic heterocycles. The molecule has 46 heavy (non-hydrogen) atoms. The maximum absolute atomic E-state index is 12.4. The Balaban J connectivity index is 4.21. The molecule has 0 aliphatic carbocycles. The average molecular weight is 673 g/mol. The third-order valence-corrected chi connectivity index (χ3v) is 9.13. The van der Waals surface area contributed by atoms with E-state index in [9.17, 15) is 19.4 Å². The summed E-state index contributed by atoms with van der Waals surface area (Å²) in [5.41, 5.74) is 0. The molecule has 0 radical (unpaired) electrons. The number of allylic oxidation sites excluding steroid dienone is 3. The molecule has 0 heterocycles. The number of aliphatic hydroxyl groups is 1. The van der Waals surface area contributed by atoms with Crippen LogP contribution in [-0.4, -0.2) is 68.5 Å². The average Bonchev–Trinajstić information content (AvgIpc) is 2.99. The number of hydrogen-bond donors (Lipinski definition) is 2. The number of rotatable bonds is 33. The fraction of sp³-hybridized carbons (Fsp3) is 0.865. The van der Waals surface area contributed by atoms with Crippen molar-refractivity contribution in [2.24, 2.45) is 0 Å². The Bertz CT molecular complexity index is 814. The van der Waals surface area contributed by atoms with Gasteiger partial charge in [-0.1, -0.05) is 141 Å². The highest BCUT2D eigenvalue weighted by Crippen LogP contribution is 2.38. The highest BCUT2D eigenvalue weighted by Gasteiger charge is 2.23. The number of nitrogens with zero attached hydrogens (tertiary/aromatic N) is 1. The number of hydrogen-bond acceptors (Lipinski definition) is 6. The van der Waals surface area contributed by atoms with Crippen molar-refractivity contribution < 1.29 is 32.9 Å². The Labute approximate surface area is 284 Å². The van der Waals surface area contributed by atoms with Crippen LogP contribution in [0.3, 0.4) is 0 Å². The van der Waals surface area contributed by atoms with Gasteiger partial charge in [0.25, 0.3) is 7.82 Å². The molecule has 9 heteroatoms. The predicted molar refractivity (Wildman–Crippen MR) is 192 cm³/mol. The maximum atomic E-state index is 12.4. The molecule has 0 spiro atoms. The zero-order chi connectivity index (χ0) is 34.4. The zero-order valence-corrected chi connectivity index (χ0v) is 31.4. The first kappa shape index (κ1) is 45.0. The fourth-order valence-electron chi connectivity index (χ4n) is 5.11. The molecule has 272 valence electrons. The van der Waals surface area contributed by atoms with Crippen molar-refractivity contribution in [3.63, 3.8) is 0 Å². The van der Waals surface area contributed by atoms with Gasteiger partial charge in [-0.05, 0) is 32.1 Å². The fourth-order valence-corrected chi connectivity index (χ4v) is 5.83. The van der Waals surface area contributed by atoms with Crippen LogP contribution in [0.2, 0.25) is 0 Å². The van der Waals surface area contributed by atoms with Crippen molar-refractivity contribution in [1.82, 2.24) is 5.32 Å². The summed E-state index contributed by atoms with van der Waals surface area (Å²) in [5, 5.41) is 13.5. The van der Waals surface area contributed by atoms with Gasteiger partial charge in [-0.15, -0.1) is 0 Å². The molecule has 0 aromatic rings. The summed E-state index contributed by atoms with van der Waals surface area (Å²) in [6.45, 7) is 4.43. The number of carbonyl (C=O) groups is 1. The molecule has 0 aromatic carbocycles. The maximum Gasteiger partial charge on any atom is 0.268 e. The third kappa shape index (κ3) is 31.6. The lowest BCUT2D eigenvalue weighted by Crippen LogP contribution is -2.45. The number of phosphoric acid groups is 1. The van der Waals surface area contributed by atoms with Gasteiger partial charge in [-0.3, -0.25) is 9.36 Å². The second kappa shape index (κ2) is 30.1. The lowest BCUT2D eigenvalue weighted by molar-refractivity contribution is -0.870. The Kier molecular flexibility index (Phi) is 29.4. The number of carbonyl (C=O) groups excluding carboxylic acids is 1. The minimum Gasteiger partial charge on any atom is -0.756 e. The van der Waals surface area contributed by atoms with Crippen LogP contribution in [0.5, 0.6) is 0 Å². The van der Waals surface area contributed by atoms with Gasteiger partial charge in [0, 0.05) is 6.42 Å². The van der Waals surface area contributed by atoms with E-state index in [2.05, 4.69) is 31.3 Å². The Morgan fingerprint density at radius 3 is 1.76 bits per heavy atom. The van der Waals surface area contributed by atoms with Crippen molar-refractivity contribution in [1.29, 1.82) is 0 Å². The van der Waals surface area contributed by atoms with Crippen LogP contribution in [0.1, 0.15) is 155 Å². The molecule has 0 saturated heterocycles. The van der Waals surface area contributed by atoms with Crippen LogP contribution < -0.4 is 10.2 Å². The second-order valence-electron chi connectivity index (χ2n) is 13.9. The SMILES string of the molecule is CCCCCCCCCCCCCCCCC/C=C/CC/C=C/C(O)C(COP(=O)([O-])OCC[N+](C)(C)C)NC(=O)CCCCC. The number of phosphoric ester groups is 1. The monoisotopic (exact) mass is 673 g/mol. The highest BCUT2D eigenvalue weighted by atomic mass is 31.2. The summed E-state index contributed by atoms with van der Waals surface area (Å²) >= 11 is 0. The van der Waals surface area contributed by atoms with Crippen molar-refractivity contribution in [2.45, 2.75) is 167 Å². The van der Waals surface area contributed by atoms with Gasteiger partial charge >= 0.3 is 0 Å². The minimum atomic E-state index is -4.57. The molecule has 3 atom stereocenters. The summed E-state index contributed by atoms with van der Waals surface area (Å²) in [5.74, 6) is -0.233. The Morgan fingerprint density at radius 1 is 0.739 bits per heavy atom. The van der Waals surface area contributed by atoms with Gasteiger partial charge in [0.2, 0.25) is 5.91 Å². The van der Waals surface area contributed by atoms with E-state index in [-0.39, 0.29) is 12.5 Å². The number of unbranched alkanes of at least 4 members (excludes halogenated alkanes) is 18. The first-order chi connectivity index (χ1) is 22.0. The molecular formula is C37H73N2O6P. The smallest absolute Gasteiger partial charge is 0.268 e. The van der Waals surface area contributed by atoms with Crippen molar-refractivity contribution in [2.75, 3.05) is 40.9 Å². The van der Waals surface area contributed by atoms with E-state index in [0.29, 0.717) is 17.4 Å². The van der Waals surface area contributed by atoms with Gasteiger partial charge in [0.05, 0.1) is 39.9 Å². The number of aliphatic hydroxyl groups excluding tert-OH is 1. The Morgan fingerprint density at radius 2 is 1.22 bits per heavy atom. The van der Waals surface area contributed by atoms with E-state index in [4.69, 9.17) is 9.05 Å². The topological polar surface area (TPSA) is 108 Å².